The second-order valence-electron chi connectivity index (χ2n) is 7.06. The quantitative estimate of drug-likeness (QED) is 0.926. The summed E-state index contributed by atoms with van der Waals surface area (Å²) >= 11 is 5.91. The molecule has 1 N–H and O–H groups in total. The molecule has 0 radical (unpaired) electrons. The molecule has 2 heterocycles. The molecule has 3 atom stereocenters. The fourth-order valence-corrected chi connectivity index (χ4v) is 4.08. The van der Waals surface area contributed by atoms with Crippen molar-refractivity contribution in [2.45, 2.75) is 38.1 Å². The van der Waals surface area contributed by atoms with Crippen LogP contribution in [0.3, 0.4) is 0 Å². The largest absolute Gasteiger partial charge is 0.338 e. The van der Waals surface area contributed by atoms with Gasteiger partial charge in [-0.3, -0.25) is 4.68 Å². The van der Waals surface area contributed by atoms with Gasteiger partial charge in [0.1, 0.15) is 0 Å². The van der Waals surface area contributed by atoms with E-state index in [0.29, 0.717) is 5.02 Å². The lowest BCUT2D eigenvalue weighted by Gasteiger charge is -2.25. The molecule has 2 saturated carbocycles. The van der Waals surface area contributed by atoms with Crippen molar-refractivity contribution < 1.29 is 4.79 Å². The predicted octanol–water partition coefficient (Wildman–Crippen LogP) is 2.93. The van der Waals surface area contributed by atoms with Crippen LogP contribution in [0, 0.1) is 17.8 Å². The number of likely N-dealkylation sites (tertiary alicyclic amines) is 1. The van der Waals surface area contributed by atoms with Gasteiger partial charge in [0.2, 0.25) is 0 Å². The first kappa shape index (κ1) is 14.4. The number of hydrogen-bond donors (Lipinski definition) is 1. The lowest BCUT2D eigenvalue weighted by Crippen LogP contribution is -2.39. The van der Waals surface area contributed by atoms with Crippen molar-refractivity contribution in [2.24, 2.45) is 17.8 Å². The van der Waals surface area contributed by atoms with E-state index in [1.807, 2.05) is 15.8 Å². The molecule has 5 nitrogen and oxygen atoms in total. The zero-order valence-corrected chi connectivity index (χ0v) is 13.5. The van der Waals surface area contributed by atoms with Crippen LogP contribution < -0.4 is 5.32 Å². The van der Waals surface area contributed by atoms with Gasteiger partial charge in [-0.2, -0.15) is 5.10 Å². The zero-order chi connectivity index (χ0) is 15.1. The Morgan fingerprint density at radius 2 is 2.27 bits per heavy atom. The van der Waals surface area contributed by atoms with Crippen molar-refractivity contribution in [1.82, 2.24) is 20.0 Å². The van der Waals surface area contributed by atoms with Crippen molar-refractivity contribution in [3.05, 3.63) is 17.4 Å². The number of rotatable bonds is 4. The van der Waals surface area contributed by atoms with Crippen LogP contribution in [-0.4, -0.2) is 40.3 Å². The highest BCUT2D eigenvalue weighted by Crippen LogP contribution is 2.51. The van der Waals surface area contributed by atoms with Crippen molar-refractivity contribution in [3.63, 3.8) is 0 Å². The highest BCUT2D eigenvalue weighted by Gasteiger charge is 2.44. The van der Waals surface area contributed by atoms with E-state index in [2.05, 4.69) is 10.4 Å². The average molecular weight is 323 g/mol. The maximum atomic E-state index is 12.3. The predicted molar refractivity (Wildman–Crippen MR) is 84.8 cm³/mol. The molecule has 0 bridgehead atoms. The summed E-state index contributed by atoms with van der Waals surface area (Å²) in [5, 5.41) is 8.03. The first-order valence-corrected chi connectivity index (χ1v) is 8.81. The Morgan fingerprint density at radius 3 is 2.95 bits per heavy atom. The molecule has 1 saturated heterocycles. The van der Waals surface area contributed by atoms with Crippen LogP contribution in [0.1, 0.15) is 38.1 Å². The van der Waals surface area contributed by atoms with Crippen LogP contribution in [0.25, 0.3) is 0 Å². The van der Waals surface area contributed by atoms with Gasteiger partial charge in [0, 0.05) is 25.8 Å². The monoisotopic (exact) mass is 322 g/mol. The topological polar surface area (TPSA) is 50.2 Å². The maximum Gasteiger partial charge on any atom is 0.317 e. The summed E-state index contributed by atoms with van der Waals surface area (Å²) in [7, 11) is 0. The van der Waals surface area contributed by atoms with Crippen molar-refractivity contribution >= 4 is 17.6 Å². The van der Waals surface area contributed by atoms with Gasteiger partial charge in [-0.05, 0) is 30.6 Å². The zero-order valence-electron chi connectivity index (χ0n) is 12.7. The van der Waals surface area contributed by atoms with Gasteiger partial charge in [-0.15, -0.1) is 0 Å². The number of carbonyl (C=O) groups excluding carboxylic acids is 1. The van der Waals surface area contributed by atoms with Gasteiger partial charge in [0.15, 0.2) is 0 Å². The van der Waals surface area contributed by atoms with E-state index in [0.717, 1.165) is 43.8 Å². The molecule has 0 aromatic carbocycles. The Balaban J connectivity index is 1.22. The molecule has 6 heteroatoms. The van der Waals surface area contributed by atoms with Gasteiger partial charge in [-0.1, -0.05) is 30.9 Å². The first-order chi connectivity index (χ1) is 10.7. The molecule has 1 unspecified atom stereocenters. The summed E-state index contributed by atoms with van der Waals surface area (Å²) < 4.78 is 1.88. The van der Waals surface area contributed by atoms with Crippen LogP contribution in [0.2, 0.25) is 5.02 Å². The highest BCUT2D eigenvalue weighted by atomic mass is 35.5. The second kappa shape index (κ2) is 5.76. The third kappa shape index (κ3) is 2.83. The summed E-state index contributed by atoms with van der Waals surface area (Å²) in [6, 6.07) is 0.335. The molecule has 0 spiro atoms. The number of hydrogen-bond acceptors (Lipinski definition) is 2. The van der Waals surface area contributed by atoms with Crippen LogP contribution in [0.15, 0.2) is 12.4 Å². The molecule has 120 valence electrons. The molecule has 22 heavy (non-hydrogen) atoms. The van der Waals surface area contributed by atoms with Gasteiger partial charge >= 0.3 is 6.03 Å². The van der Waals surface area contributed by atoms with Gasteiger partial charge in [0.05, 0.1) is 17.3 Å². The molecule has 2 aliphatic carbocycles. The number of nitrogens with one attached hydrogen (secondary N) is 1. The number of halogens is 1. The molecule has 2 amide bonds. The fourth-order valence-electron chi connectivity index (χ4n) is 3.94. The van der Waals surface area contributed by atoms with Crippen LogP contribution >= 0.6 is 11.6 Å². The highest BCUT2D eigenvalue weighted by molar-refractivity contribution is 6.30. The smallest absolute Gasteiger partial charge is 0.317 e. The lowest BCUT2D eigenvalue weighted by atomic mass is 9.81. The second-order valence-corrected chi connectivity index (χ2v) is 7.50. The molecular weight excluding hydrogens is 300 g/mol. The summed E-state index contributed by atoms with van der Waals surface area (Å²) in [5.74, 6) is 2.59. The molecule has 1 aliphatic heterocycles. The van der Waals surface area contributed by atoms with E-state index in [1.165, 1.54) is 25.7 Å². The van der Waals surface area contributed by atoms with Crippen molar-refractivity contribution in [3.8, 4) is 0 Å². The number of nitrogens with zero attached hydrogens (tertiary/aromatic N) is 3. The molecule has 4 rings (SSSR count). The molecule has 3 aliphatic rings. The maximum absolute atomic E-state index is 12.3. The summed E-state index contributed by atoms with van der Waals surface area (Å²) in [6.07, 6.45) is 9.98. The van der Waals surface area contributed by atoms with E-state index in [4.69, 9.17) is 11.6 Å². The van der Waals surface area contributed by atoms with Crippen LogP contribution in [0.5, 0.6) is 0 Å². The van der Waals surface area contributed by atoms with E-state index < -0.39 is 0 Å². The minimum atomic E-state index is 0.0833. The average Bonchev–Trinajstić information content (AvgIpc) is 2.88. The summed E-state index contributed by atoms with van der Waals surface area (Å²) in [4.78, 5) is 14.2. The minimum absolute atomic E-state index is 0.0833. The first-order valence-electron chi connectivity index (χ1n) is 8.43. The van der Waals surface area contributed by atoms with Crippen LogP contribution in [0.4, 0.5) is 4.79 Å². The van der Waals surface area contributed by atoms with Gasteiger partial charge in [-0.25, -0.2) is 4.79 Å². The molecule has 1 aromatic heterocycles. The Kier molecular flexibility index (Phi) is 3.76. The minimum Gasteiger partial charge on any atom is -0.338 e. The Morgan fingerprint density at radius 1 is 1.41 bits per heavy atom. The summed E-state index contributed by atoms with van der Waals surface area (Å²) in [5.41, 5.74) is 0. The third-order valence-corrected chi connectivity index (χ3v) is 5.84. The number of aromatic nitrogens is 2. The van der Waals surface area contributed by atoms with Crippen molar-refractivity contribution in [2.75, 3.05) is 19.6 Å². The third-order valence-electron chi connectivity index (χ3n) is 5.64. The van der Waals surface area contributed by atoms with E-state index in [1.54, 1.807) is 6.20 Å². The number of urea groups is 1. The van der Waals surface area contributed by atoms with Gasteiger partial charge < -0.3 is 10.2 Å². The van der Waals surface area contributed by atoms with E-state index >= 15 is 0 Å². The summed E-state index contributed by atoms with van der Waals surface area (Å²) in [6.45, 7) is 2.38. The molecule has 1 aromatic rings. The van der Waals surface area contributed by atoms with Gasteiger partial charge in [0.25, 0.3) is 0 Å². The SMILES string of the molecule is O=C(NC[C@@H]1C[C@H]1C1CCC1)N1CCC(n2cc(Cl)cn2)C1. The van der Waals surface area contributed by atoms with E-state index in [9.17, 15) is 4.79 Å². The molecular formula is C16H23ClN4O. The number of amides is 2. The van der Waals surface area contributed by atoms with Crippen LogP contribution in [-0.2, 0) is 0 Å². The fraction of sp³-hybridized carbons (Fsp3) is 0.750. The standard InChI is InChI=1S/C16H23ClN4O/c17-13-8-19-21(9-13)14-4-5-20(10-14)16(22)18-7-12-6-15(12)11-2-1-3-11/h8-9,11-12,14-15H,1-7,10H2,(H,18,22)/t12-,14?,15-/m0/s1. The Labute approximate surface area is 136 Å². The Bertz CT molecular complexity index is 556. The van der Waals surface area contributed by atoms with Crippen molar-refractivity contribution in [1.29, 1.82) is 0 Å². The number of carbonyl (C=O) groups is 1. The normalized spacial score (nSPS) is 31.1. The van der Waals surface area contributed by atoms with E-state index in [-0.39, 0.29) is 12.1 Å². The Hall–Kier alpha value is -1.23. The molecule has 3 fully saturated rings. The lowest BCUT2D eigenvalue weighted by molar-refractivity contribution is 0.205.